The first kappa shape index (κ1) is 15.0. The molecule has 0 aliphatic carbocycles. The first-order valence-corrected chi connectivity index (χ1v) is 7.59. The van der Waals surface area contributed by atoms with Crippen LogP contribution in [0.3, 0.4) is 0 Å². The van der Waals surface area contributed by atoms with E-state index in [1.807, 2.05) is 12.1 Å². The van der Waals surface area contributed by atoms with Crippen molar-refractivity contribution in [3.05, 3.63) is 29.3 Å². The number of benzene rings is 1. The molecule has 0 radical (unpaired) electrons. The Balaban J connectivity index is 1.77. The maximum atomic E-state index is 12.0. The molecule has 1 aromatic rings. The second-order valence-corrected chi connectivity index (χ2v) is 6.21. The number of carbonyl (C=O) groups is 1. The SMILES string of the molecule is Cc1cc(C)cc(NC(=O)CCC2CCN(C)CC2)c1. The summed E-state index contributed by atoms with van der Waals surface area (Å²) in [6, 6.07) is 6.18. The van der Waals surface area contributed by atoms with E-state index in [2.05, 4.69) is 37.2 Å². The molecule has 3 nitrogen and oxygen atoms in total. The highest BCUT2D eigenvalue weighted by Crippen LogP contribution is 2.21. The maximum Gasteiger partial charge on any atom is 0.224 e. The molecule has 1 N–H and O–H groups in total. The monoisotopic (exact) mass is 274 g/mol. The van der Waals surface area contributed by atoms with E-state index < -0.39 is 0 Å². The molecule has 1 saturated heterocycles. The number of hydrogen-bond donors (Lipinski definition) is 1. The molecule has 1 aliphatic rings. The molecule has 1 amide bonds. The lowest BCUT2D eigenvalue weighted by atomic mass is 9.92. The molecule has 20 heavy (non-hydrogen) atoms. The quantitative estimate of drug-likeness (QED) is 0.913. The number of carbonyl (C=O) groups excluding carboxylic acids is 1. The second kappa shape index (κ2) is 6.89. The normalized spacial score (nSPS) is 17.1. The lowest BCUT2D eigenvalue weighted by Crippen LogP contribution is -2.30. The molecule has 0 unspecified atom stereocenters. The van der Waals surface area contributed by atoms with Crippen LogP contribution in [0.25, 0.3) is 0 Å². The van der Waals surface area contributed by atoms with Crippen molar-refractivity contribution in [3.8, 4) is 0 Å². The Morgan fingerprint density at radius 1 is 1.20 bits per heavy atom. The molecule has 1 aromatic carbocycles. The van der Waals surface area contributed by atoms with E-state index in [-0.39, 0.29) is 5.91 Å². The van der Waals surface area contributed by atoms with Crippen molar-refractivity contribution in [2.45, 2.75) is 39.5 Å². The molecule has 1 fully saturated rings. The fourth-order valence-corrected chi connectivity index (χ4v) is 2.96. The van der Waals surface area contributed by atoms with E-state index in [0.29, 0.717) is 6.42 Å². The van der Waals surface area contributed by atoms with Crippen LogP contribution in [0.2, 0.25) is 0 Å². The van der Waals surface area contributed by atoms with Crippen LogP contribution < -0.4 is 5.32 Å². The van der Waals surface area contributed by atoms with Crippen LogP contribution in [0.4, 0.5) is 5.69 Å². The summed E-state index contributed by atoms with van der Waals surface area (Å²) >= 11 is 0. The largest absolute Gasteiger partial charge is 0.326 e. The van der Waals surface area contributed by atoms with Crippen molar-refractivity contribution in [1.82, 2.24) is 4.90 Å². The molecule has 3 heteroatoms. The predicted molar refractivity (Wildman–Crippen MR) is 84.0 cm³/mol. The second-order valence-electron chi connectivity index (χ2n) is 6.21. The smallest absolute Gasteiger partial charge is 0.224 e. The molecular formula is C17H26N2O. The van der Waals surface area contributed by atoms with Crippen molar-refractivity contribution in [2.24, 2.45) is 5.92 Å². The fourth-order valence-electron chi connectivity index (χ4n) is 2.96. The van der Waals surface area contributed by atoms with Crippen LogP contribution in [0.15, 0.2) is 18.2 Å². The molecule has 0 spiro atoms. The van der Waals surface area contributed by atoms with Crippen molar-refractivity contribution in [2.75, 3.05) is 25.5 Å². The van der Waals surface area contributed by atoms with Gasteiger partial charge in [-0.1, -0.05) is 6.07 Å². The van der Waals surface area contributed by atoms with Gasteiger partial charge in [0, 0.05) is 12.1 Å². The maximum absolute atomic E-state index is 12.0. The minimum absolute atomic E-state index is 0.147. The highest BCUT2D eigenvalue weighted by molar-refractivity contribution is 5.90. The topological polar surface area (TPSA) is 32.3 Å². The predicted octanol–water partition coefficient (Wildman–Crippen LogP) is 3.36. The number of anilines is 1. The third kappa shape index (κ3) is 4.64. The van der Waals surface area contributed by atoms with Crippen molar-refractivity contribution < 1.29 is 4.79 Å². The Labute approximate surface area is 122 Å². The van der Waals surface area contributed by atoms with Crippen LogP contribution in [0.1, 0.15) is 36.8 Å². The molecule has 1 aliphatic heterocycles. The summed E-state index contributed by atoms with van der Waals surface area (Å²) < 4.78 is 0. The number of piperidine rings is 1. The highest BCUT2D eigenvalue weighted by Gasteiger charge is 2.17. The van der Waals surface area contributed by atoms with Crippen LogP contribution in [-0.2, 0) is 4.79 Å². The average Bonchev–Trinajstić information content (AvgIpc) is 2.37. The zero-order chi connectivity index (χ0) is 14.5. The summed E-state index contributed by atoms with van der Waals surface area (Å²) in [4.78, 5) is 14.4. The molecule has 2 rings (SSSR count). The lowest BCUT2D eigenvalue weighted by Gasteiger charge is -2.28. The highest BCUT2D eigenvalue weighted by atomic mass is 16.1. The summed E-state index contributed by atoms with van der Waals surface area (Å²) in [6.45, 7) is 6.45. The molecule has 0 atom stereocenters. The van der Waals surface area contributed by atoms with Gasteiger partial charge in [-0.05, 0) is 82.4 Å². The van der Waals surface area contributed by atoms with Crippen LogP contribution in [0, 0.1) is 19.8 Å². The van der Waals surface area contributed by atoms with E-state index >= 15 is 0 Å². The Morgan fingerprint density at radius 2 is 1.80 bits per heavy atom. The molecule has 0 saturated carbocycles. The molecular weight excluding hydrogens is 248 g/mol. The van der Waals surface area contributed by atoms with E-state index in [0.717, 1.165) is 18.0 Å². The number of nitrogens with zero attached hydrogens (tertiary/aromatic N) is 1. The van der Waals surface area contributed by atoms with Crippen LogP contribution in [0.5, 0.6) is 0 Å². The number of likely N-dealkylation sites (tertiary alicyclic amines) is 1. The summed E-state index contributed by atoms with van der Waals surface area (Å²) in [7, 11) is 2.17. The third-order valence-corrected chi connectivity index (χ3v) is 4.12. The Morgan fingerprint density at radius 3 is 2.40 bits per heavy atom. The average molecular weight is 274 g/mol. The number of rotatable bonds is 4. The number of hydrogen-bond acceptors (Lipinski definition) is 2. The van der Waals surface area contributed by atoms with Crippen LogP contribution in [-0.4, -0.2) is 30.9 Å². The van der Waals surface area contributed by atoms with Crippen molar-refractivity contribution in [1.29, 1.82) is 0 Å². The first-order chi connectivity index (χ1) is 9.52. The van der Waals surface area contributed by atoms with Gasteiger partial charge in [0.25, 0.3) is 0 Å². The van der Waals surface area contributed by atoms with Crippen LogP contribution >= 0.6 is 0 Å². The molecule has 0 bridgehead atoms. The van der Waals surface area contributed by atoms with E-state index in [1.54, 1.807) is 0 Å². The summed E-state index contributed by atoms with van der Waals surface area (Å²) in [6.07, 6.45) is 4.12. The Hall–Kier alpha value is -1.35. The van der Waals surface area contributed by atoms with Gasteiger partial charge in [-0.25, -0.2) is 0 Å². The van der Waals surface area contributed by atoms with Gasteiger partial charge in [-0.3, -0.25) is 4.79 Å². The molecule has 110 valence electrons. The number of aryl methyl sites for hydroxylation is 2. The summed E-state index contributed by atoms with van der Waals surface area (Å²) in [5.41, 5.74) is 3.31. The van der Waals surface area contributed by atoms with Gasteiger partial charge in [-0.15, -0.1) is 0 Å². The Kier molecular flexibility index (Phi) is 5.18. The molecule has 0 aromatic heterocycles. The van der Waals surface area contributed by atoms with E-state index in [1.165, 1.54) is 37.1 Å². The number of nitrogens with one attached hydrogen (secondary N) is 1. The lowest BCUT2D eigenvalue weighted by molar-refractivity contribution is -0.116. The van der Waals surface area contributed by atoms with Gasteiger partial charge in [0.05, 0.1) is 0 Å². The van der Waals surface area contributed by atoms with E-state index in [4.69, 9.17) is 0 Å². The zero-order valence-corrected chi connectivity index (χ0v) is 12.9. The van der Waals surface area contributed by atoms with Crippen molar-refractivity contribution >= 4 is 11.6 Å². The number of amides is 1. The zero-order valence-electron chi connectivity index (χ0n) is 12.9. The van der Waals surface area contributed by atoms with Gasteiger partial charge >= 0.3 is 0 Å². The first-order valence-electron chi connectivity index (χ1n) is 7.59. The minimum Gasteiger partial charge on any atom is -0.326 e. The third-order valence-electron chi connectivity index (χ3n) is 4.12. The Bertz CT molecular complexity index is 442. The summed E-state index contributed by atoms with van der Waals surface area (Å²) in [5, 5.41) is 3.02. The van der Waals surface area contributed by atoms with Gasteiger partial charge in [0.15, 0.2) is 0 Å². The fraction of sp³-hybridized carbons (Fsp3) is 0.588. The van der Waals surface area contributed by atoms with Gasteiger partial charge in [-0.2, -0.15) is 0 Å². The summed E-state index contributed by atoms with van der Waals surface area (Å²) in [5.74, 6) is 0.866. The standard InChI is InChI=1S/C17H26N2O/c1-13-10-14(2)12-16(11-13)18-17(20)5-4-15-6-8-19(3)9-7-15/h10-12,15H,4-9H2,1-3H3,(H,18,20). The molecule has 1 heterocycles. The minimum atomic E-state index is 0.147. The van der Waals surface area contributed by atoms with Gasteiger partial charge in [0.2, 0.25) is 5.91 Å². The van der Waals surface area contributed by atoms with E-state index in [9.17, 15) is 4.79 Å². The van der Waals surface area contributed by atoms with Gasteiger partial charge in [0.1, 0.15) is 0 Å². The van der Waals surface area contributed by atoms with Crippen molar-refractivity contribution in [3.63, 3.8) is 0 Å². The van der Waals surface area contributed by atoms with Gasteiger partial charge < -0.3 is 10.2 Å².